The predicted octanol–water partition coefficient (Wildman–Crippen LogP) is -0.511. The molecule has 3 rings (SSSR count). The number of thioether (sulfide) groups is 1. The van der Waals surface area contributed by atoms with Crippen molar-refractivity contribution in [2.45, 2.75) is 17.5 Å². The fourth-order valence-corrected chi connectivity index (χ4v) is 4.58. The molecule has 10 nitrogen and oxygen atoms in total. The Morgan fingerprint density at radius 3 is 2.52 bits per heavy atom. The first-order valence-electron chi connectivity index (χ1n) is 7.67. The van der Waals surface area contributed by atoms with Gasteiger partial charge in [-0.05, 0) is 11.6 Å². The highest BCUT2D eigenvalue weighted by Crippen LogP contribution is 2.37. The Bertz CT molecular complexity index is 917. The Balaban J connectivity index is 1.78. The summed E-state index contributed by atoms with van der Waals surface area (Å²) in [6.07, 6.45) is 1.41. The number of carboxylic acids is 1. The van der Waals surface area contributed by atoms with Crippen LogP contribution in [0.2, 0.25) is 0 Å². The van der Waals surface area contributed by atoms with Crippen LogP contribution in [0, 0.1) is 0 Å². The van der Waals surface area contributed by atoms with E-state index in [9.17, 15) is 22.8 Å². The minimum Gasteiger partial charge on any atom is -0.477 e. The molecule has 0 spiro atoms. The molecule has 0 aliphatic carbocycles. The van der Waals surface area contributed by atoms with Crippen molar-refractivity contribution in [3.63, 3.8) is 0 Å². The number of nitrogens with zero attached hydrogens (tertiary/aromatic N) is 1. The van der Waals surface area contributed by atoms with Crippen LogP contribution in [-0.4, -0.2) is 57.9 Å². The number of hydrogen-bond acceptors (Lipinski definition) is 6. The quantitative estimate of drug-likeness (QED) is 0.359. The van der Waals surface area contributed by atoms with E-state index in [1.54, 1.807) is 18.2 Å². The summed E-state index contributed by atoms with van der Waals surface area (Å²) in [5.41, 5.74) is 0.114. The normalized spacial score (nSPS) is 22.9. The zero-order valence-corrected chi connectivity index (χ0v) is 15.2. The highest BCUT2D eigenvalue weighted by Gasteiger charge is 2.53. The van der Waals surface area contributed by atoms with Crippen LogP contribution in [0.15, 0.2) is 42.1 Å². The minimum atomic E-state index is -4.70. The average molecular weight is 413 g/mol. The molecule has 1 unspecified atom stereocenters. The van der Waals surface area contributed by atoms with E-state index < -0.39 is 45.5 Å². The first-order chi connectivity index (χ1) is 12.7. The zero-order valence-electron chi connectivity index (χ0n) is 13.6. The van der Waals surface area contributed by atoms with Crippen LogP contribution in [0.3, 0.4) is 0 Å². The molecule has 2 amide bonds. The van der Waals surface area contributed by atoms with Crippen molar-refractivity contribution in [3.05, 3.63) is 47.7 Å². The van der Waals surface area contributed by atoms with Gasteiger partial charge in [-0.1, -0.05) is 30.3 Å². The van der Waals surface area contributed by atoms with Crippen LogP contribution in [0.4, 0.5) is 0 Å². The lowest BCUT2D eigenvalue weighted by Gasteiger charge is -2.48. The largest absolute Gasteiger partial charge is 0.477 e. The van der Waals surface area contributed by atoms with Crippen LogP contribution < -0.4 is 10.0 Å². The van der Waals surface area contributed by atoms with E-state index >= 15 is 0 Å². The van der Waals surface area contributed by atoms with Gasteiger partial charge in [0.1, 0.15) is 23.2 Å². The number of fused-ring (bicyclic) bond motifs is 1. The molecule has 12 heteroatoms. The molecule has 2 heterocycles. The van der Waals surface area contributed by atoms with Gasteiger partial charge in [0.25, 0.3) is 5.91 Å². The third-order valence-electron chi connectivity index (χ3n) is 4.03. The third kappa shape index (κ3) is 3.98. The van der Waals surface area contributed by atoms with Gasteiger partial charge >= 0.3 is 16.3 Å². The number of rotatable bonds is 6. The summed E-state index contributed by atoms with van der Waals surface area (Å²) in [6, 6.07) is 5.34. The van der Waals surface area contributed by atoms with E-state index in [0.717, 1.165) is 4.90 Å². The Morgan fingerprint density at radius 2 is 1.93 bits per heavy atom. The van der Waals surface area contributed by atoms with E-state index in [2.05, 4.69) is 5.32 Å². The maximum absolute atomic E-state index is 12.6. The van der Waals surface area contributed by atoms with Crippen LogP contribution in [0.5, 0.6) is 0 Å². The summed E-state index contributed by atoms with van der Waals surface area (Å²) in [4.78, 5) is 37.2. The first-order valence-corrected chi connectivity index (χ1v) is 10.2. The molecule has 0 radical (unpaired) electrons. The van der Waals surface area contributed by atoms with E-state index in [-0.39, 0.29) is 11.3 Å². The maximum Gasteiger partial charge on any atom is 0.352 e. The highest BCUT2D eigenvalue weighted by molar-refractivity contribution is 8.00. The number of benzene rings is 1. The summed E-state index contributed by atoms with van der Waals surface area (Å²) in [6.45, 7) is 0. The fraction of sp³-hybridized carbons (Fsp3) is 0.267. The molecule has 1 fully saturated rings. The van der Waals surface area contributed by atoms with Crippen LogP contribution in [0.25, 0.3) is 0 Å². The first kappa shape index (κ1) is 19.4. The van der Waals surface area contributed by atoms with Crippen molar-refractivity contribution in [3.8, 4) is 0 Å². The minimum absolute atomic E-state index is 0.148. The second-order valence-corrected chi connectivity index (χ2v) is 8.09. The van der Waals surface area contributed by atoms with Crippen molar-refractivity contribution < 1.29 is 32.5 Å². The summed E-state index contributed by atoms with van der Waals surface area (Å²) in [5.74, 6) is -2.33. The molecular weight excluding hydrogens is 398 g/mol. The third-order valence-corrected chi connectivity index (χ3v) is 5.74. The van der Waals surface area contributed by atoms with Gasteiger partial charge in [-0.25, -0.2) is 4.79 Å². The molecule has 0 aromatic heterocycles. The van der Waals surface area contributed by atoms with E-state index in [4.69, 9.17) is 9.66 Å². The molecule has 144 valence electrons. The molecule has 3 atom stereocenters. The second-order valence-electron chi connectivity index (χ2n) is 5.75. The highest BCUT2D eigenvalue weighted by atomic mass is 32.2. The van der Waals surface area contributed by atoms with Crippen LogP contribution in [-0.2, 0) is 24.7 Å². The van der Waals surface area contributed by atoms with Gasteiger partial charge in [0.05, 0.1) is 0 Å². The Morgan fingerprint density at radius 1 is 1.26 bits per heavy atom. The zero-order chi connectivity index (χ0) is 19.8. The van der Waals surface area contributed by atoms with Gasteiger partial charge < -0.3 is 10.4 Å². The van der Waals surface area contributed by atoms with E-state index in [1.165, 1.54) is 30.0 Å². The lowest BCUT2D eigenvalue weighted by atomic mass is 10.0. The van der Waals surface area contributed by atoms with E-state index in [0.29, 0.717) is 5.75 Å². The van der Waals surface area contributed by atoms with Gasteiger partial charge in [0, 0.05) is 5.75 Å². The Kier molecular flexibility index (Phi) is 5.24. The molecule has 2 aliphatic heterocycles. The molecule has 0 saturated carbocycles. The fourth-order valence-electron chi connectivity index (χ4n) is 2.84. The standard InChI is InChI=1S/C15H15N3O7S2/c19-12(10(17-27(23,24)25)8-4-2-1-3-5-8)16-11-13(20)18-9(15(21)22)6-7-26-14(11)18/h1-6,10-11,14,17H,7H2,(H,16,19)(H,21,22)(H,23,24,25)/t10?,11-,14+/m1/s1. The van der Waals surface area contributed by atoms with Gasteiger partial charge in [-0.15, -0.1) is 11.8 Å². The second kappa shape index (κ2) is 7.31. The Labute approximate surface area is 158 Å². The van der Waals surface area contributed by atoms with Gasteiger partial charge in [-0.2, -0.15) is 13.1 Å². The SMILES string of the molecule is O=C(O)C1=CCS[C@H]2[C@H](NC(=O)C(NS(=O)(=O)O)c3ccccc3)C(=O)N12. The van der Waals surface area contributed by atoms with E-state index in [1.807, 2.05) is 4.72 Å². The molecule has 1 saturated heterocycles. The number of amides is 2. The van der Waals surface area contributed by atoms with Crippen molar-refractivity contribution in [1.29, 1.82) is 0 Å². The van der Waals surface area contributed by atoms with Crippen LogP contribution in [0.1, 0.15) is 11.6 Å². The van der Waals surface area contributed by atoms with Crippen molar-refractivity contribution in [2.75, 3.05) is 5.75 Å². The summed E-state index contributed by atoms with van der Waals surface area (Å²) < 4.78 is 33.3. The summed E-state index contributed by atoms with van der Waals surface area (Å²) in [7, 11) is -4.70. The van der Waals surface area contributed by atoms with Gasteiger partial charge in [-0.3, -0.25) is 19.0 Å². The number of hydrogen-bond donors (Lipinski definition) is 4. The molecular formula is C15H15N3O7S2. The Hall–Kier alpha value is -2.41. The molecule has 2 aliphatic rings. The topological polar surface area (TPSA) is 153 Å². The number of aliphatic carboxylic acids is 1. The molecule has 1 aromatic carbocycles. The molecule has 27 heavy (non-hydrogen) atoms. The predicted molar refractivity (Wildman–Crippen MR) is 94.6 cm³/mol. The average Bonchev–Trinajstić information content (AvgIpc) is 2.63. The number of carboxylic acid groups (broad SMARTS) is 1. The lowest BCUT2D eigenvalue weighted by molar-refractivity contribution is -0.150. The summed E-state index contributed by atoms with van der Waals surface area (Å²) >= 11 is 1.27. The van der Waals surface area contributed by atoms with Crippen molar-refractivity contribution in [1.82, 2.24) is 14.9 Å². The molecule has 1 aromatic rings. The maximum atomic E-state index is 12.6. The monoisotopic (exact) mass is 413 g/mol. The number of β-lactam (4-membered cyclic amide) rings is 1. The molecule has 0 bridgehead atoms. The summed E-state index contributed by atoms with van der Waals surface area (Å²) in [5, 5.41) is 11.0. The van der Waals surface area contributed by atoms with Gasteiger partial charge in [0.15, 0.2) is 0 Å². The number of nitrogens with one attached hydrogen (secondary N) is 2. The molecule has 4 N–H and O–H groups in total. The smallest absolute Gasteiger partial charge is 0.352 e. The van der Waals surface area contributed by atoms with Crippen LogP contribution >= 0.6 is 11.8 Å². The lowest BCUT2D eigenvalue weighted by Crippen LogP contribution is -2.70. The number of carbonyl (C=O) groups excluding carboxylic acids is 2. The van der Waals surface area contributed by atoms with Crippen molar-refractivity contribution >= 4 is 39.8 Å². The van der Waals surface area contributed by atoms with Crippen molar-refractivity contribution in [2.24, 2.45) is 0 Å². The van der Waals surface area contributed by atoms with Gasteiger partial charge in [0.2, 0.25) is 5.91 Å². The number of carbonyl (C=O) groups is 3.